The number of amides is 1. The summed E-state index contributed by atoms with van der Waals surface area (Å²) in [5, 5.41) is 2.70. The van der Waals surface area contributed by atoms with Crippen molar-refractivity contribution in [1.82, 2.24) is 4.98 Å². The van der Waals surface area contributed by atoms with Gasteiger partial charge in [-0.15, -0.1) is 0 Å². The Morgan fingerprint density at radius 3 is 2.50 bits per heavy atom. The van der Waals surface area contributed by atoms with Crippen molar-refractivity contribution in [2.24, 2.45) is 0 Å². The lowest BCUT2D eigenvalue weighted by atomic mass is 10.1. The van der Waals surface area contributed by atoms with Gasteiger partial charge in [-0.3, -0.25) is 4.79 Å². The summed E-state index contributed by atoms with van der Waals surface area (Å²) in [5.74, 6) is -0.760. The van der Waals surface area contributed by atoms with Crippen LogP contribution in [0.1, 0.15) is 10.4 Å². The van der Waals surface area contributed by atoms with E-state index in [9.17, 15) is 13.6 Å². The molecule has 0 spiro atoms. The summed E-state index contributed by atoms with van der Waals surface area (Å²) in [5.41, 5.74) is 1.30. The van der Waals surface area contributed by atoms with Crippen LogP contribution in [0.3, 0.4) is 0 Å². The molecule has 0 aliphatic rings. The van der Waals surface area contributed by atoms with Gasteiger partial charge in [-0.25, -0.2) is 13.8 Å². The van der Waals surface area contributed by atoms with E-state index in [0.717, 1.165) is 0 Å². The molecule has 7 heteroatoms. The minimum absolute atomic E-state index is 0.171. The zero-order chi connectivity index (χ0) is 21.1. The fourth-order valence-electron chi connectivity index (χ4n) is 3.01. The Balaban J connectivity index is 1.67. The molecule has 0 bridgehead atoms. The number of anilines is 1. The van der Waals surface area contributed by atoms with Crippen LogP contribution in [0.15, 0.2) is 77.3 Å². The van der Waals surface area contributed by atoms with Gasteiger partial charge in [0.1, 0.15) is 17.4 Å². The first-order chi connectivity index (χ1) is 14.6. The molecule has 0 unspecified atom stereocenters. The van der Waals surface area contributed by atoms with E-state index in [2.05, 4.69) is 10.3 Å². The minimum Gasteiger partial charge on any atom is -0.494 e. The van der Waals surface area contributed by atoms with Crippen LogP contribution in [0.4, 0.5) is 14.5 Å². The maximum absolute atomic E-state index is 14.0. The first-order valence-corrected chi connectivity index (χ1v) is 9.02. The number of nitrogens with one attached hydrogen (secondary N) is 1. The van der Waals surface area contributed by atoms with Crippen LogP contribution in [0, 0.1) is 11.6 Å². The number of ether oxygens (including phenoxy) is 1. The lowest BCUT2D eigenvalue weighted by Crippen LogP contribution is -2.14. The third-order valence-corrected chi connectivity index (χ3v) is 4.46. The largest absolute Gasteiger partial charge is 0.494 e. The van der Waals surface area contributed by atoms with Gasteiger partial charge >= 0.3 is 0 Å². The van der Waals surface area contributed by atoms with Crippen molar-refractivity contribution in [2.45, 2.75) is 0 Å². The van der Waals surface area contributed by atoms with Gasteiger partial charge in [0, 0.05) is 11.6 Å². The molecule has 5 nitrogen and oxygen atoms in total. The van der Waals surface area contributed by atoms with E-state index in [-0.39, 0.29) is 28.5 Å². The standard InChI is InChI=1S/C23H16F2N2O3/c1-29-20-12-14(24)10-11-19(20)27-22(28)15-6-2-3-7-16(15)23-26-13-21(30-23)17-8-4-5-9-18(17)25/h2-13H,1H3,(H,27,28). The first-order valence-electron chi connectivity index (χ1n) is 9.02. The molecule has 0 atom stereocenters. The smallest absolute Gasteiger partial charge is 0.256 e. The Kier molecular flexibility index (Phi) is 5.26. The Labute approximate surface area is 171 Å². The molecule has 0 saturated carbocycles. The van der Waals surface area contributed by atoms with E-state index in [0.29, 0.717) is 11.3 Å². The highest BCUT2D eigenvalue weighted by Gasteiger charge is 2.19. The lowest BCUT2D eigenvalue weighted by Gasteiger charge is -2.11. The number of benzene rings is 3. The molecule has 0 saturated heterocycles. The summed E-state index contributed by atoms with van der Waals surface area (Å²) < 4.78 is 38.3. The quantitative estimate of drug-likeness (QED) is 0.472. The minimum atomic E-state index is -0.481. The molecule has 4 aromatic rings. The van der Waals surface area contributed by atoms with Crippen molar-refractivity contribution < 1.29 is 22.7 Å². The molecule has 1 aromatic heterocycles. The van der Waals surface area contributed by atoms with Crippen LogP contribution < -0.4 is 10.1 Å². The average Bonchev–Trinajstić information content (AvgIpc) is 3.25. The van der Waals surface area contributed by atoms with Crippen molar-refractivity contribution in [1.29, 1.82) is 0 Å². The molecule has 0 fully saturated rings. The molecule has 30 heavy (non-hydrogen) atoms. The molecular weight excluding hydrogens is 390 g/mol. The monoisotopic (exact) mass is 406 g/mol. The number of carbonyl (C=O) groups is 1. The van der Waals surface area contributed by atoms with Crippen LogP contribution in [-0.4, -0.2) is 18.0 Å². The number of hydrogen-bond donors (Lipinski definition) is 1. The van der Waals surface area contributed by atoms with Crippen LogP contribution in [0.5, 0.6) is 5.75 Å². The van der Waals surface area contributed by atoms with Gasteiger partial charge in [0.25, 0.3) is 5.91 Å². The molecule has 3 aromatic carbocycles. The van der Waals surface area contributed by atoms with E-state index < -0.39 is 17.5 Å². The average molecular weight is 406 g/mol. The number of rotatable bonds is 5. The fourth-order valence-corrected chi connectivity index (χ4v) is 3.01. The van der Waals surface area contributed by atoms with Crippen LogP contribution in [0.25, 0.3) is 22.8 Å². The lowest BCUT2D eigenvalue weighted by molar-refractivity contribution is 0.102. The number of halogens is 2. The van der Waals surface area contributed by atoms with Crippen LogP contribution in [0.2, 0.25) is 0 Å². The second-order valence-electron chi connectivity index (χ2n) is 6.35. The number of oxazole rings is 1. The zero-order valence-corrected chi connectivity index (χ0v) is 15.9. The fraction of sp³-hybridized carbons (Fsp3) is 0.0435. The Morgan fingerprint density at radius 2 is 1.73 bits per heavy atom. The molecule has 0 radical (unpaired) electrons. The Bertz CT molecular complexity index is 1220. The van der Waals surface area contributed by atoms with E-state index in [1.807, 2.05) is 0 Å². The van der Waals surface area contributed by atoms with Crippen molar-refractivity contribution in [3.05, 3.63) is 90.1 Å². The molecule has 1 amide bonds. The highest BCUT2D eigenvalue weighted by atomic mass is 19.1. The second-order valence-corrected chi connectivity index (χ2v) is 6.35. The molecule has 150 valence electrons. The predicted molar refractivity (Wildman–Crippen MR) is 108 cm³/mol. The highest BCUT2D eigenvalue weighted by Crippen LogP contribution is 2.31. The van der Waals surface area contributed by atoms with Crippen molar-refractivity contribution in [3.63, 3.8) is 0 Å². The van der Waals surface area contributed by atoms with Crippen molar-refractivity contribution in [3.8, 4) is 28.5 Å². The second kappa shape index (κ2) is 8.16. The third kappa shape index (κ3) is 3.77. The van der Waals surface area contributed by atoms with Gasteiger partial charge in [0.05, 0.1) is 30.1 Å². The first kappa shape index (κ1) is 19.3. The topological polar surface area (TPSA) is 64.4 Å². The van der Waals surface area contributed by atoms with Gasteiger partial charge in [-0.2, -0.15) is 0 Å². The van der Waals surface area contributed by atoms with E-state index in [1.165, 1.54) is 37.6 Å². The van der Waals surface area contributed by atoms with Gasteiger partial charge in [-0.1, -0.05) is 24.3 Å². The zero-order valence-electron chi connectivity index (χ0n) is 15.9. The third-order valence-electron chi connectivity index (χ3n) is 4.46. The van der Waals surface area contributed by atoms with Gasteiger partial charge < -0.3 is 14.5 Å². The summed E-state index contributed by atoms with van der Waals surface area (Å²) in [7, 11) is 1.38. The van der Waals surface area contributed by atoms with Crippen molar-refractivity contribution >= 4 is 11.6 Å². The van der Waals surface area contributed by atoms with Crippen LogP contribution >= 0.6 is 0 Å². The van der Waals surface area contributed by atoms with Gasteiger partial charge in [-0.05, 0) is 36.4 Å². The van der Waals surface area contributed by atoms with Crippen LogP contribution in [-0.2, 0) is 0 Å². The van der Waals surface area contributed by atoms with E-state index in [4.69, 9.17) is 9.15 Å². The van der Waals surface area contributed by atoms with E-state index in [1.54, 1.807) is 42.5 Å². The van der Waals surface area contributed by atoms with E-state index >= 15 is 0 Å². The summed E-state index contributed by atoms with van der Waals surface area (Å²) >= 11 is 0. The number of carbonyl (C=O) groups excluding carboxylic acids is 1. The van der Waals surface area contributed by atoms with Gasteiger partial charge in [0.15, 0.2) is 5.76 Å². The molecule has 0 aliphatic carbocycles. The molecule has 0 aliphatic heterocycles. The van der Waals surface area contributed by atoms with Crippen molar-refractivity contribution in [2.75, 3.05) is 12.4 Å². The number of nitrogens with zero attached hydrogens (tertiary/aromatic N) is 1. The molecule has 4 rings (SSSR count). The summed E-state index contributed by atoms with van der Waals surface area (Å²) in [6.07, 6.45) is 1.41. The van der Waals surface area contributed by atoms with Gasteiger partial charge in [0.2, 0.25) is 5.89 Å². The number of aromatic nitrogens is 1. The maximum atomic E-state index is 14.0. The molecular formula is C23H16F2N2O3. The number of hydrogen-bond acceptors (Lipinski definition) is 4. The maximum Gasteiger partial charge on any atom is 0.256 e. The Morgan fingerprint density at radius 1 is 1.00 bits per heavy atom. The summed E-state index contributed by atoms with van der Waals surface area (Å²) in [6, 6.07) is 16.7. The summed E-state index contributed by atoms with van der Waals surface area (Å²) in [6.45, 7) is 0. The predicted octanol–water partition coefficient (Wildman–Crippen LogP) is 5.55. The Hall–Kier alpha value is -4.00. The highest BCUT2D eigenvalue weighted by molar-refractivity contribution is 6.08. The molecule has 1 N–H and O–H groups in total. The normalized spacial score (nSPS) is 10.6. The molecule has 1 heterocycles. The SMILES string of the molecule is COc1cc(F)ccc1NC(=O)c1ccccc1-c1ncc(-c2ccccc2F)o1. The summed E-state index contributed by atoms with van der Waals surface area (Å²) in [4.78, 5) is 17.1. The number of methoxy groups -OCH3 is 1.